The lowest BCUT2D eigenvalue weighted by Gasteiger charge is -2.07. The number of thioether (sulfide) groups is 1. The minimum atomic E-state index is -0.492. The van der Waals surface area contributed by atoms with Crippen molar-refractivity contribution < 1.29 is 9.84 Å². The van der Waals surface area contributed by atoms with Crippen molar-refractivity contribution in [1.82, 2.24) is 5.32 Å². The summed E-state index contributed by atoms with van der Waals surface area (Å²) in [5, 5.41) is 20.6. The van der Waals surface area contributed by atoms with Crippen molar-refractivity contribution in [3.05, 3.63) is 0 Å². The third kappa shape index (κ3) is 6.71. The number of rotatable bonds is 5. The summed E-state index contributed by atoms with van der Waals surface area (Å²) in [7, 11) is 1.54. The smallest absolute Gasteiger partial charge is 0.183 e. The highest BCUT2D eigenvalue weighted by atomic mass is 32.2. The molecule has 0 heterocycles. The number of nitriles is 1. The van der Waals surface area contributed by atoms with Gasteiger partial charge in [-0.15, -0.1) is 0 Å². The summed E-state index contributed by atoms with van der Waals surface area (Å²) in [5.74, 6) is 0. The van der Waals surface area contributed by atoms with Crippen LogP contribution in [-0.2, 0) is 4.74 Å². The van der Waals surface area contributed by atoms with Crippen molar-refractivity contribution in [1.29, 1.82) is 5.26 Å². The Morgan fingerprint density at radius 3 is 3.00 bits per heavy atom. The maximum atomic E-state index is 9.28. The first-order valence-electron chi connectivity index (χ1n) is 4.15. The number of nitrogens with one attached hydrogen (secondary N) is 1. The van der Waals surface area contributed by atoms with E-state index in [4.69, 9.17) is 10.00 Å². The summed E-state index contributed by atoms with van der Waals surface area (Å²) < 4.78 is 4.76. The van der Waals surface area contributed by atoms with E-state index in [1.54, 1.807) is 6.19 Å². The summed E-state index contributed by atoms with van der Waals surface area (Å²) in [6.07, 6.45) is 3.66. The summed E-state index contributed by atoms with van der Waals surface area (Å²) in [6.45, 7) is 0.797. The lowest BCUT2D eigenvalue weighted by molar-refractivity contribution is 0.0610. The molecule has 0 aromatic carbocycles. The highest BCUT2D eigenvalue weighted by Gasteiger charge is 2.02. The van der Waals surface area contributed by atoms with Gasteiger partial charge in [0.15, 0.2) is 11.4 Å². The molecule has 0 aromatic heterocycles. The maximum absolute atomic E-state index is 9.28. The highest BCUT2D eigenvalue weighted by Crippen LogP contribution is 1.97. The van der Waals surface area contributed by atoms with Crippen LogP contribution in [-0.4, -0.2) is 42.9 Å². The largest absolute Gasteiger partial charge is 0.391 e. The monoisotopic (exact) mass is 217 g/mol. The van der Waals surface area contributed by atoms with Crippen LogP contribution in [0.4, 0.5) is 0 Å². The van der Waals surface area contributed by atoms with Gasteiger partial charge < -0.3 is 9.84 Å². The van der Waals surface area contributed by atoms with E-state index in [0.29, 0.717) is 24.7 Å². The number of hydrogen-bond acceptors (Lipinski definition) is 5. The molecule has 5 nitrogen and oxygen atoms in total. The first kappa shape index (κ1) is 13.2. The van der Waals surface area contributed by atoms with E-state index in [1.165, 1.54) is 18.9 Å². The molecule has 0 aliphatic heterocycles. The lowest BCUT2D eigenvalue weighted by atomic mass is 10.3. The number of aliphatic hydroxyl groups excluding tert-OH is 1. The molecule has 0 rings (SSSR count). The molecule has 80 valence electrons. The Hall–Kier alpha value is -0.770. The van der Waals surface area contributed by atoms with Crippen molar-refractivity contribution in [2.24, 2.45) is 4.99 Å². The number of ether oxygens (including phenoxy) is 1. The minimum absolute atomic E-state index is 0.315. The second-order valence-corrected chi connectivity index (χ2v) is 3.32. The van der Waals surface area contributed by atoms with E-state index in [1.807, 2.05) is 6.26 Å². The average Bonchev–Trinajstić information content (AvgIpc) is 2.17. The molecule has 0 saturated heterocycles. The van der Waals surface area contributed by atoms with Crippen LogP contribution in [0.3, 0.4) is 0 Å². The number of amidine groups is 1. The van der Waals surface area contributed by atoms with Gasteiger partial charge in [-0.05, 0) is 12.7 Å². The lowest BCUT2D eigenvalue weighted by Crippen LogP contribution is -2.17. The van der Waals surface area contributed by atoms with Gasteiger partial charge in [0.05, 0.1) is 12.7 Å². The second kappa shape index (κ2) is 8.81. The van der Waals surface area contributed by atoms with Crippen LogP contribution in [0.2, 0.25) is 0 Å². The predicted molar refractivity (Wildman–Crippen MR) is 57.1 cm³/mol. The molecule has 0 aromatic rings. The van der Waals surface area contributed by atoms with Crippen LogP contribution < -0.4 is 5.32 Å². The molecule has 0 radical (unpaired) electrons. The van der Waals surface area contributed by atoms with Gasteiger partial charge in [-0.25, -0.2) is 0 Å². The molecule has 6 heteroatoms. The van der Waals surface area contributed by atoms with Gasteiger partial charge in [-0.3, -0.25) is 10.3 Å². The Morgan fingerprint density at radius 1 is 1.79 bits per heavy atom. The zero-order valence-electron chi connectivity index (χ0n) is 8.36. The van der Waals surface area contributed by atoms with E-state index in [2.05, 4.69) is 10.3 Å². The molecule has 0 bridgehead atoms. The molecule has 14 heavy (non-hydrogen) atoms. The molecule has 0 amide bonds. The quantitative estimate of drug-likeness (QED) is 0.297. The van der Waals surface area contributed by atoms with Gasteiger partial charge in [-0.2, -0.15) is 5.26 Å². The Balaban J connectivity index is 3.72. The Kier molecular flexibility index (Phi) is 8.33. The van der Waals surface area contributed by atoms with Gasteiger partial charge in [-0.1, -0.05) is 11.8 Å². The van der Waals surface area contributed by atoms with Crippen molar-refractivity contribution in [3.8, 4) is 6.19 Å². The van der Waals surface area contributed by atoms with Crippen LogP contribution in [0.5, 0.6) is 0 Å². The summed E-state index contributed by atoms with van der Waals surface area (Å²) in [4.78, 5) is 4.08. The fourth-order valence-electron chi connectivity index (χ4n) is 0.794. The van der Waals surface area contributed by atoms with Gasteiger partial charge in [0, 0.05) is 13.7 Å². The fourth-order valence-corrected chi connectivity index (χ4v) is 1.16. The molecular weight excluding hydrogens is 202 g/mol. The van der Waals surface area contributed by atoms with Gasteiger partial charge in [0.2, 0.25) is 0 Å². The topological polar surface area (TPSA) is 77.6 Å². The maximum Gasteiger partial charge on any atom is 0.183 e. The Labute approximate surface area is 88.2 Å². The number of methoxy groups -OCH3 is 1. The van der Waals surface area contributed by atoms with Crippen LogP contribution >= 0.6 is 11.8 Å². The van der Waals surface area contributed by atoms with E-state index in [9.17, 15) is 5.11 Å². The van der Waals surface area contributed by atoms with Crippen molar-refractivity contribution in [3.63, 3.8) is 0 Å². The summed E-state index contributed by atoms with van der Waals surface area (Å²) in [6, 6.07) is 0. The molecular formula is C8H15N3O2S. The zero-order valence-corrected chi connectivity index (χ0v) is 9.17. The van der Waals surface area contributed by atoms with Crippen molar-refractivity contribution in [2.75, 3.05) is 26.5 Å². The highest BCUT2D eigenvalue weighted by molar-refractivity contribution is 8.13. The van der Waals surface area contributed by atoms with Crippen LogP contribution in [0.1, 0.15) is 6.42 Å². The number of hydrogen-bond donors (Lipinski definition) is 2. The predicted octanol–water partition coefficient (Wildman–Crippen LogP) is 0.173. The summed E-state index contributed by atoms with van der Waals surface area (Å²) >= 11 is 1.36. The number of aliphatic imine (C=N–C) groups is 1. The van der Waals surface area contributed by atoms with E-state index >= 15 is 0 Å². The molecule has 0 aliphatic rings. The normalized spacial score (nSPS) is 13.4. The third-order valence-corrected chi connectivity index (χ3v) is 2.05. The zero-order chi connectivity index (χ0) is 10.8. The molecule has 2 N–H and O–H groups in total. The first-order valence-corrected chi connectivity index (χ1v) is 5.37. The molecule has 1 atom stereocenters. The van der Waals surface area contributed by atoms with E-state index in [0.717, 1.165) is 0 Å². The standard InChI is InChI=1S/C8H15N3O2S/c1-13-5-7(12)3-4-10-8(14-2)11-6-9/h7,12H,3-5H2,1-2H3,(H,10,11). The van der Waals surface area contributed by atoms with E-state index < -0.39 is 6.10 Å². The summed E-state index contributed by atoms with van der Waals surface area (Å²) in [5.41, 5.74) is 0. The Morgan fingerprint density at radius 2 is 2.50 bits per heavy atom. The SMILES string of the molecule is COCC(O)CCN=C(NC#N)SC. The molecule has 0 fully saturated rings. The fraction of sp³-hybridized carbons (Fsp3) is 0.750. The van der Waals surface area contributed by atoms with Gasteiger partial charge in [0.25, 0.3) is 0 Å². The number of aliphatic hydroxyl groups is 1. The van der Waals surface area contributed by atoms with Gasteiger partial charge >= 0.3 is 0 Å². The number of nitrogens with zero attached hydrogens (tertiary/aromatic N) is 2. The molecule has 1 unspecified atom stereocenters. The van der Waals surface area contributed by atoms with E-state index in [-0.39, 0.29) is 0 Å². The van der Waals surface area contributed by atoms with Crippen LogP contribution in [0.15, 0.2) is 4.99 Å². The first-order chi connectivity index (χ1) is 6.74. The van der Waals surface area contributed by atoms with Crippen LogP contribution in [0.25, 0.3) is 0 Å². The second-order valence-electron chi connectivity index (χ2n) is 2.53. The molecule has 0 spiro atoms. The molecule has 0 aliphatic carbocycles. The minimum Gasteiger partial charge on any atom is -0.391 e. The molecule has 0 saturated carbocycles. The van der Waals surface area contributed by atoms with Crippen LogP contribution in [0, 0.1) is 11.5 Å². The van der Waals surface area contributed by atoms with Gasteiger partial charge in [0.1, 0.15) is 0 Å². The third-order valence-electron chi connectivity index (χ3n) is 1.43. The van der Waals surface area contributed by atoms with Crippen molar-refractivity contribution >= 4 is 16.9 Å². The Bertz CT molecular complexity index is 215. The average molecular weight is 217 g/mol. The van der Waals surface area contributed by atoms with Crippen molar-refractivity contribution in [2.45, 2.75) is 12.5 Å².